The first-order chi connectivity index (χ1) is 18.3. The first-order valence-electron chi connectivity index (χ1n) is 13.1. The number of anilines is 1. The Kier molecular flexibility index (Phi) is 9.35. The Morgan fingerprint density at radius 1 is 1.16 bits per heavy atom. The van der Waals surface area contributed by atoms with Gasteiger partial charge in [-0.2, -0.15) is 0 Å². The van der Waals surface area contributed by atoms with E-state index in [1.54, 1.807) is 23.2 Å². The van der Waals surface area contributed by atoms with Crippen molar-refractivity contribution in [2.75, 3.05) is 18.4 Å². The molecule has 1 fully saturated rings. The third kappa shape index (κ3) is 6.34. The number of aliphatic hydroxyl groups is 1. The molecule has 200 valence electrons. The van der Waals surface area contributed by atoms with Crippen LogP contribution in [0.3, 0.4) is 0 Å². The Morgan fingerprint density at radius 2 is 1.92 bits per heavy atom. The van der Waals surface area contributed by atoms with Gasteiger partial charge in [-0.25, -0.2) is 4.98 Å². The molecule has 1 aliphatic rings. The second-order valence-electron chi connectivity index (χ2n) is 9.63. The van der Waals surface area contributed by atoms with Crippen molar-refractivity contribution in [3.8, 4) is 0 Å². The Balaban J connectivity index is 1.67. The van der Waals surface area contributed by atoms with E-state index in [4.69, 9.17) is 12.2 Å². The lowest BCUT2D eigenvalue weighted by Gasteiger charge is -2.21. The van der Waals surface area contributed by atoms with Gasteiger partial charge in [0.25, 0.3) is 11.5 Å². The molecule has 0 spiro atoms. The van der Waals surface area contributed by atoms with Gasteiger partial charge in [0.05, 0.1) is 16.6 Å². The second kappa shape index (κ2) is 12.7. The van der Waals surface area contributed by atoms with Crippen LogP contribution in [0.1, 0.15) is 62.3 Å². The maximum absolute atomic E-state index is 13.6. The molecule has 1 amide bonds. The standard InChI is InChI=1S/C29H34N4O3S2/c1-4-6-10-20(5-2)18-33-28(36)24(38-29(33)37)15-22-26(30-16-23(34)21-11-8-7-9-12-21)31-25-14-13-19(3)17-32(25)27(22)35/h7-9,11-15,17,20,23,30,34H,4-6,10,16,18H2,1-3H3/b24-15+. The van der Waals surface area contributed by atoms with E-state index in [0.29, 0.717) is 33.2 Å². The summed E-state index contributed by atoms with van der Waals surface area (Å²) in [6.45, 7) is 6.94. The van der Waals surface area contributed by atoms with Crippen LogP contribution in [0.5, 0.6) is 0 Å². The van der Waals surface area contributed by atoms with Gasteiger partial charge < -0.3 is 10.4 Å². The van der Waals surface area contributed by atoms with Crippen LogP contribution in [0.2, 0.25) is 0 Å². The summed E-state index contributed by atoms with van der Waals surface area (Å²) in [4.78, 5) is 33.8. The zero-order chi connectivity index (χ0) is 27.2. The molecule has 38 heavy (non-hydrogen) atoms. The van der Waals surface area contributed by atoms with Crippen LogP contribution in [0.15, 0.2) is 58.4 Å². The number of pyridine rings is 1. The van der Waals surface area contributed by atoms with Crippen LogP contribution in [-0.4, -0.2) is 42.7 Å². The van der Waals surface area contributed by atoms with E-state index in [0.717, 1.165) is 36.8 Å². The number of carbonyl (C=O) groups excluding carboxylic acids is 1. The van der Waals surface area contributed by atoms with Crippen LogP contribution < -0.4 is 10.9 Å². The molecule has 3 aromatic rings. The third-order valence-electron chi connectivity index (χ3n) is 6.79. The average molecular weight is 551 g/mol. The minimum Gasteiger partial charge on any atom is -0.387 e. The number of rotatable bonds is 11. The van der Waals surface area contributed by atoms with Crippen molar-refractivity contribution in [2.45, 2.75) is 52.6 Å². The monoisotopic (exact) mass is 550 g/mol. The first kappa shape index (κ1) is 28.0. The van der Waals surface area contributed by atoms with E-state index in [-0.39, 0.29) is 23.6 Å². The molecule has 1 aromatic carbocycles. The fourth-order valence-corrected chi connectivity index (χ4v) is 5.73. The fourth-order valence-electron chi connectivity index (χ4n) is 4.47. The average Bonchev–Trinajstić information content (AvgIpc) is 3.19. The van der Waals surface area contributed by atoms with Crippen LogP contribution in [0.25, 0.3) is 11.7 Å². The summed E-state index contributed by atoms with van der Waals surface area (Å²) in [5, 5.41) is 13.8. The van der Waals surface area contributed by atoms with Crippen molar-refractivity contribution in [3.63, 3.8) is 0 Å². The number of nitrogens with zero attached hydrogens (tertiary/aromatic N) is 3. The Hall–Kier alpha value is -3.01. The lowest BCUT2D eigenvalue weighted by molar-refractivity contribution is -0.122. The lowest BCUT2D eigenvalue weighted by Crippen LogP contribution is -2.33. The zero-order valence-electron chi connectivity index (χ0n) is 22.0. The highest BCUT2D eigenvalue weighted by Crippen LogP contribution is 2.34. The van der Waals surface area contributed by atoms with Gasteiger partial charge in [0.1, 0.15) is 15.8 Å². The molecule has 2 unspecified atom stereocenters. The summed E-state index contributed by atoms with van der Waals surface area (Å²) in [5.41, 5.74) is 2.10. The van der Waals surface area contributed by atoms with Crippen molar-refractivity contribution < 1.29 is 9.90 Å². The molecule has 0 aliphatic carbocycles. The Morgan fingerprint density at radius 3 is 2.63 bits per heavy atom. The van der Waals surface area contributed by atoms with Crippen molar-refractivity contribution in [3.05, 3.63) is 80.6 Å². The predicted octanol–water partition coefficient (Wildman–Crippen LogP) is 5.57. The molecule has 1 aliphatic heterocycles. The molecule has 2 atom stereocenters. The molecule has 1 saturated heterocycles. The van der Waals surface area contributed by atoms with E-state index in [2.05, 4.69) is 24.1 Å². The maximum Gasteiger partial charge on any atom is 0.267 e. The number of fused-ring (bicyclic) bond motifs is 1. The highest BCUT2D eigenvalue weighted by Gasteiger charge is 2.33. The quantitative estimate of drug-likeness (QED) is 0.239. The topological polar surface area (TPSA) is 86.9 Å². The molecule has 3 heterocycles. The van der Waals surface area contributed by atoms with Gasteiger partial charge in [0, 0.05) is 19.3 Å². The minimum atomic E-state index is -0.797. The number of benzene rings is 1. The number of hydrogen-bond acceptors (Lipinski definition) is 7. The number of aliphatic hydroxyl groups excluding tert-OH is 1. The smallest absolute Gasteiger partial charge is 0.267 e. The van der Waals surface area contributed by atoms with Gasteiger partial charge in [0.2, 0.25) is 0 Å². The highest BCUT2D eigenvalue weighted by atomic mass is 32.2. The number of thioether (sulfide) groups is 1. The van der Waals surface area contributed by atoms with E-state index in [1.165, 1.54) is 16.2 Å². The largest absolute Gasteiger partial charge is 0.387 e. The van der Waals surface area contributed by atoms with Gasteiger partial charge in [-0.15, -0.1) is 0 Å². The molecule has 0 radical (unpaired) electrons. The van der Waals surface area contributed by atoms with Gasteiger partial charge in [-0.3, -0.25) is 18.9 Å². The normalized spacial score (nSPS) is 16.4. The van der Waals surface area contributed by atoms with E-state index in [9.17, 15) is 14.7 Å². The highest BCUT2D eigenvalue weighted by molar-refractivity contribution is 8.26. The molecule has 7 nitrogen and oxygen atoms in total. The van der Waals surface area contributed by atoms with Crippen LogP contribution in [0, 0.1) is 12.8 Å². The summed E-state index contributed by atoms with van der Waals surface area (Å²) >= 11 is 6.78. The molecule has 9 heteroatoms. The lowest BCUT2D eigenvalue weighted by atomic mass is 9.99. The summed E-state index contributed by atoms with van der Waals surface area (Å²) in [7, 11) is 0. The zero-order valence-corrected chi connectivity index (χ0v) is 23.6. The summed E-state index contributed by atoms with van der Waals surface area (Å²) in [6, 6.07) is 13.0. The molecule has 2 aromatic heterocycles. The number of hydrogen-bond donors (Lipinski definition) is 2. The fraction of sp³-hybridized carbons (Fsp3) is 0.379. The van der Waals surface area contributed by atoms with Crippen LogP contribution >= 0.6 is 24.0 Å². The molecule has 0 bridgehead atoms. The molecule has 4 rings (SSSR count). The van der Waals surface area contributed by atoms with Crippen molar-refractivity contribution in [2.24, 2.45) is 5.92 Å². The molecular formula is C29H34N4O3S2. The second-order valence-corrected chi connectivity index (χ2v) is 11.3. The number of carbonyl (C=O) groups is 1. The van der Waals surface area contributed by atoms with Crippen molar-refractivity contribution in [1.82, 2.24) is 14.3 Å². The maximum atomic E-state index is 13.6. The minimum absolute atomic E-state index is 0.149. The Bertz CT molecular complexity index is 1400. The summed E-state index contributed by atoms with van der Waals surface area (Å²) < 4.78 is 1.99. The summed E-state index contributed by atoms with van der Waals surface area (Å²) in [6.07, 6.45) is 6.78. The van der Waals surface area contributed by atoms with Gasteiger partial charge in [-0.1, -0.05) is 93.5 Å². The number of thiocarbonyl (C=S) groups is 1. The molecule has 0 saturated carbocycles. The number of amides is 1. The number of nitrogens with one attached hydrogen (secondary N) is 1. The number of unbranched alkanes of at least 4 members (excludes halogenated alkanes) is 1. The number of aryl methyl sites for hydroxylation is 1. The van der Waals surface area contributed by atoms with Crippen LogP contribution in [0.4, 0.5) is 5.82 Å². The first-order valence-corrected chi connectivity index (χ1v) is 14.3. The SMILES string of the molecule is CCCCC(CC)CN1C(=O)/C(=C\c2c(NCC(O)c3ccccc3)nc3ccc(C)cn3c2=O)SC1=S. The van der Waals surface area contributed by atoms with Crippen molar-refractivity contribution in [1.29, 1.82) is 0 Å². The Labute approximate surface area is 233 Å². The predicted molar refractivity (Wildman–Crippen MR) is 159 cm³/mol. The number of aromatic nitrogens is 2. The third-order valence-corrected chi connectivity index (χ3v) is 8.16. The van der Waals surface area contributed by atoms with E-state index in [1.807, 2.05) is 43.3 Å². The van der Waals surface area contributed by atoms with Crippen molar-refractivity contribution >= 4 is 51.7 Å². The van der Waals surface area contributed by atoms with Gasteiger partial charge in [0.15, 0.2) is 0 Å². The summed E-state index contributed by atoms with van der Waals surface area (Å²) in [5.74, 6) is 0.511. The van der Waals surface area contributed by atoms with Crippen LogP contribution in [-0.2, 0) is 4.79 Å². The molecule has 2 N–H and O–H groups in total. The molecular weight excluding hydrogens is 516 g/mol. The van der Waals surface area contributed by atoms with Gasteiger partial charge >= 0.3 is 0 Å². The van der Waals surface area contributed by atoms with E-state index >= 15 is 0 Å². The van der Waals surface area contributed by atoms with Gasteiger partial charge in [-0.05, 0) is 42.5 Å². The van der Waals surface area contributed by atoms with E-state index < -0.39 is 6.10 Å².